The Balaban J connectivity index is 1.52. The number of hydrogen-bond donors (Lipinski definition) is 0. The van der Waals surface area contributed by atoms with E-state index in [1.165, 1.54) is 29.2 Å². The number of alkyl halides is 3. The van der Waals surface area contributed by atoms with Crippen molar-refractivity contribution in [3.8, 4) is 5.69 Å². The largest absolute Gasteiger partial charge is 0.434 e. The van der Waals surface area contributed by atoms with Crippen LogP contribution in [-0.4, -0.2) is 51.7 Å². The van der Waals surface area contributed by atoms with Crippen LogP contribution in [0.25, 0.3) is 5.69 Å². The number of rotatable bonds is 4. The van der Waals surface area contributed by atoms with Gasteiger partial charge >= 0.3 is 6.18 Å². The Hall–Kier alpha value is -2.84. The zero-order valence-corrected chi connectivity index (χ0v) is 17.3. The highest BCUT2D eigenvalue weighted by molar-refractivity contribution is 6.30. The van der Waals surface area contributed by atoms with Crippen molar-refractivity contribution in [1.82, 2.24) is 19.6 Å². The first-order valence-corrected chi connectivity index (χ1v) is 10.2. The maximum Gasteiger partial charge on any atom is 0.434 e. The highest BCUT2D eigenvalue weighted by Crippen LogP contribution is 2.34. The summed E-state index contributed by atoms with van der Waals surface area (Å²) in [7, 11) is 0. The van der Waals surface area contributed by atoms with Gasteiger partial charge in [-0.15, -0.1) is 0 Å². The minimum Gasteiger partial charge on any atom is -0.336 e. The number of nitrogens with zero attached hydrogens (tertiary/aromatic N) is 4. The molecule has 0 atom stereocenters. The average Bonchev–Trinajstić information content (AvgIpc) is 3.21. The van der Waals surface area contributed by atoms with Gasteiger partial charge in [-0.1, -0.05) is 41.9 Å². The van der Waals surface area contributed by atoms with Crippen molar-refractivity contribution >= 4 is 17.5 Å². The minimum absolute atomic E-state index is 0.184. The van der Waals surface area contributed by atoms with Gasteiger partial charge < -0.3 is 4.90 Å². The fourth-order valence-corrected chi connectivity index (χ4v) is 3.80. The van der Waals surface area contributed by atoms with Crippen molar-refractivity contribution < 1.29 is 18.0 Å². The van der Waals surface area contributed by atoms with Gasteiger partial charge in [0.2, 0.25) is 0 Å². The van der Waals surface area contributed by atoms with Crippen molar-refractivity contribution in [2.24, 2.45) is 0 Å². The second kappa shape index (κ2) is 8.72. The number of benzene rings is 2. The van der Waals surface area contributed by atoms with Gasteiger partial charge in [0.05, 0.1) is 17.4 Å². The summed E-state index contributed by atoms with van der Waals surface area (Å²) in [5.41, 5.74) is -0.181. The van der Waals surface area contributed by atoms with E-state index in [1.807, 2.05) is 30.3 Å². The maximum atomic E-state index is 13.9. The summed E-state index contributed by atoms with van der Waals surface area (Å²) < 4.78 is 42.4. The number of aromatic nitrogens is 2. The van der Waals surface area contributed by atoms with E-state index in [0.29, 0.717) is 31.2 Å². The molecule has 1 fully saturated rings. The monoisotopic (exact) mass is 448 g/mol. The van der Waals surface area contributed by atoms with Crippen LogP contribution < -0.4 is 0 Å². The molecule has 1 amide bonds. The molecule has 3 aromatic rings. The van der Waals surface area contributed by atoms with E-state index >= 15 is 0 Å². The summed E-state index contributed by atoms with van der Waals surface area (Å²) in [6.45, 7) is 2.63. The third-order valence-electron chi connectivity index (χ3n) is 5.25. The second-order valence-electron chi connectivity index (χ2n) is 7.35. The van der Waals surface area contributed by atoms with E-state index in [4.69, 9.17) is 11.6 Å². The average molecular weight is 449 g/mol. The Bertz CT molecular complexity index is 1040. The summed E-state index contributed by atoms with van der Waals surface area (Å²) >= 11 is 5.83. The van der Waals surface area contributed by atoms with Crippen LogP contribution in [0.15, 0.2) is 60.8 Å². The van der Waals surface area contributed by atoms with Gasteiger partial charge in [0.15, 0.2) is 5.69 Å². The third kappa shape index (κ3) is 4.75. The molecule has 0 saturated carbocycles. The Morgan fingerprint density at radius 3 is 2.23 bits per heavy atom. The van der Waals surface area contributed by atoms with Crippen LogP contribution >= 0.6 is 11.6 Å². The molecule has 2 aromatic carbocycles. The number of hydrogen-bond acceptors (Lipinski definition) is 3. The summed E-state index contributed by atoms with van der Waals surface area (Å²) in [4.78, 5) is 16.6. The molecule has 1 aliphatic rings. The predicted octanol–water partition coefficient (Wildman–Crippen LogP) is 4.50. The lowest BCUT2D eigenvalue weighted by atomic mass is 10.1. The fraction of sp³-hybridized carbons (Fsp3) is 0.273. The quantitative estimate of drug-likeness (QED) is 0.590. The van der Waals surface area contributed by atoms with Crippen LogP contribution in [0.5, 0.6) is 0 Å². The SMILES string of the molecule is O=C(c1cnn(-c2ccc(Cl)cc2)c1C(F)(F)F)N1CCN(Cc2ccccc2)CC1. The summed E-state index contributed by atoms with van der Waals surface area (Å²) in [5.74, 6) is -0.660. The smallest absolute Gasteiger partial charge is 0.336 e. The Kier molecular flexibility index (Phi) is 6.02. The van der Waals surface area contributed by atoms with Crippen LogP contribution in [0, 0.1) is 0 Å². The van der Waals surface area contributed by atoms with Crippen molar-refractivity contribution in [2.75, 3.05) is 26.2 Å². The molecule has 162 valence electrons. The molecule has 1 saturated heterocycles. The molecule has 0 N–H and O–H groups in total. The lowest BCUT2D eigenvalue weighted by molar-refractivity contribution is -0.143. The van der Waals surface area contributed by atoms with Gasteiger partial charge in [-0.25, -0.2) is 4.68 Å². The number of carbonyl (C=O) groups excluding carboxylic acids is 1. The lowest BCUT2D eigenvalue weighted by Crippen LogP contribution is -2.48. The van der Waals surface area contributed by atoms with Gasteiger partial charge in [-0.2, -0.15) is 18.3 Å². The molecule has 0 bridgehead atoms. The molecular weight excluding hydrogens is 429 g/mol. The molecule has 31 heavy (non-hydrogen) atoms. The zero-order valence-electron chi connectivity index (χ0n) is 16.5. The summed E-state index contributed by atoms with van der Waals surface area (Å²) in [6.07, 6.45) is -3.74. The molecular formula is C22H20ClF3N4O. The van der Waals surface area contributed by atoms with Gasteiger partial charge in [-0.3, -0.25) is 9.69 Å². The highest BCUT2D eigenvalue weighted by atomic mass is 35.5. The van der Waals surface area contributed by atoms with Crippen molar-refractivity contribution in [2.45, 2.75) is 12.7 Å². The lowest BCUT2D eigenvalue weighted by Gasteiger charge is -2.34. The van der Waals surface area contributed by atoms with Crippen LogP contribution in [0.2, 0.25) is 5.02 Å². The van der Waals surface area contributed by atoms with E-state index in [-0.39, 0.29) is 5.69 Å². The molecule has 1 aromatic heterocycles. The van der Waals surface area contributed by atoms with Crippen LogP contribution in [0.3, 0.4) is 0 Å². The van der Waals surface area contributed by atoms with E-state index in [9.17, 15) is 18.0 Å². The molecule has 4 rings (SSSR count). The topological polar surface area (TPSA) is 41.4 Å². The maximum absolute atomic E-state index is 13.9. The van der Waals surface area contributed by atoms with E-state index in [2.05, 4.69) is 10.00 Å². The first-order chi connectivity index (χ1) is 14.8. The zero-order chi connectivity index (χ0) is 22.0. The van der Waals surface area contributed by atoms with Gasteiger partial charge in [0.1, 0.15) is 0 Å². The summed E-state index contributed by atoms with van der Waals surface area (Å²) in [6, 6.07) is 15.7. The fourth-order valence-electron chi connectivity index (χ4n) is 3.68. The van der Waals surface area contributed by atoms with E-state index in [0.717, 1.165) is 23.0 Å². The standard InChI is InChI=1S/C22H20ClF3N4O/c23-17-6-8-18(9-7-17)30-20(22(24,25)26)19(14-27-30)21(31)29-12-10-28(11-13-29)15-16-4-2-1-3-5-16/h1-9,14H,10-13,15H2. The Morgan fingerprint density at radius 1 is 0.968 bits per heavy atom. The van der Waals surface area contributed by atoms with E-state index < -0.39 is 23.3 Å². The van der Waals surface area contributed by atoms with Crippen molar-refractivity contribution in [1.29, 1.82) is 0 Å². The molecule has 0 radical (unpaired) electrons. The van der Waals surface area contributed by atoms with Crippen LogP contribution in [-0.2, 0) is 12.7 Å². The molecule has 0 aliphatic carbocycles. The highest BCUT2D eigenvalue weighted by Gasteiger charge is 2.41. The number of piperazine rings is 1. The van der Waals surface area contributed by atoms with Gasteiger partial charge in [-0.05, 0) is 29.8 Å². The number of carbonyl (C=O) groups is 1. The second-order valence-corrected chi connectivity index (χ2v) is 7.78. The van der Waals surface area contributed by atoms with Crippen molar-refractivity contribution in [3.63, 3.8) is 0 Å². The normalized spacial score (nSPS) is 15.3. The first kappa shape index (κ1) is 21.4. The molecule has 1 aliphatic heterocycles. The molecule has 0 unspecified atom stereocenters. The molecule has 2 heterocycles. The number of halogens is 4. The minimum atomic E-state index is -4.74. The number of amides is 1. The Morgan fingerprint density at radius 2 is 1.61 bits per heavy atom. The first-order valence-electron chi connectivity index (χ1n) is 9.79. The van der Waals surface area contributed by atoms with Crippen molar-refractivity contribution in [3.05, 3.63) is 82.6 Å². The molecule has 0 spiro atoms. The van der Waals surface area contributed by atoms with Crippen LogP contribution in [0.1, 0.15) is 21.6 Å². The van der Waals surface area contributed by atoms with Gasteiger partial charge in [0, 0.05) is 37.7 Å². The third-order valence-corrected chi connectivity index (χ3v) is 5.50. The Labute approximate surface area is 182 Å². The van der Waals surface area contributed by atoms with E-state index in [1.54, 1.807) is 0 Å². The van der Waals surface area contributed by atoms with Crippen LogP contribution in [0.4, 0.5) is 13.2 Å². The predicted molar refractivity (Wildman–Crippen MR) is 111 cm³/mol. The molecule has 5 nitrogen and oxygen atoms in total. The summed E-state index contributed by atoms with van der Waals surface area (Å²) in [5, 5.41) is 4.26. The molecule has 9 heteroatoms. The van der Waals surface area contributed by atoms with Gasteiger partial charge in [0.25, 0.3) is 5.91 Å².